The van der Waals surface area contributed by atoms with Crippen molar-refractivity contribution in [3.63, 3.8) is 0 Å². The zero-order chi connectivity index (χ0) is 17.6. The first kappa shape index (κ1) is 18.2. The highest BCUT2D eigenvalue weighted by molar-refractivity contribution is 6.06. The van der Waals surface area contributed by atoms with E-state index in [-0.39, 0.29) is 24.4 Å². The van der Waals surface area contributed by atoms with Crippen molar-refractivity contribution in [2.24, 2.45) is 0 Å². The Bertz CT molecular complexity index is 983. The molecule has 7 heteroatoms. The highest BCUT2D eigenvalue weighted by atomic mass is 35.5. The second-order valence-electron chi connectivity index (χ2n) is 6.64. The molecule has 1 aromatic carbocycles. The number of nitrogens with two attached hydrogens (primary N) is 1. The van der Waals surface area contributed by atoms with Gasteiger partial charge in [-0.1, -0.05) is 11.2 Å². The Morgan fingerprint density at radius 3 is 2.92 bits per heavy atom. The monoisotopic (exact) mass is 372 g/mol. The first-order valence-electron chi connectivity index (χ1n) is 8.45. The molecule has 0 fully saturated rings. The van der Waals surface area contributed by atoms with Crippen molar-refractivity contribution in [1.82, 2.24) is 15.5 Å². The minimum atomic E-state index is -0.128. The molecule has 26 heavy (non-hydrogen) atoms. The third-order valence-electron chi connectivity index (χ3n) is 4.78. The summed E-state index contributed by atoms with van der Waals surface area (Å²) in [5.74, 6) is -0.128. The maximum absolute atomic E-state index is 13.0. The predicted molar refractivity (Wildman–Crippen MR) is 103 cm³/mol. The van der Waals surface area contributed by atoms with Crippen LogP contribution in [0.1, 0.15) is 51.8 Å². The number of amides is 1. The van der Waals surface area contributed by atoms with Gasteiger partial charge in [-0.2, -0.15) is 0 Å². The summed E-state index contributed by atoms with van der Waals surface area (Å²) in [4.78, 5) is 17.3. The number of hydrogen-bond acceptors (Lipinski definition) is 5. The van der Waals surface area contributed by atoms with Crippen LogP contribution in [0.5, 0.6) is 0 Å². The summed E-state index contributed by atoms with van der Waals surface area (Å²) in [6.07, 6.45) is 2.94. The van der Waals surface area contributed by atoms with Crippen molar-refractivity contribution >= 4 is 35.1 Å². The Labute approximate surface area is 157 Å². The Balaban J connectivity index is 0.00000196. The number of aryl methyl sites for hydroxylation is 3. The van der Waals surface area contributed by atoms with Crippen LogP contribution in [0.3, 0.4) is 0 Å². The van der Waals surface area contributed by atoms with Gasteiger partial charge in [-0.15, -0.1) is 12.4 Å². The summed E-state index contributed by atoms with van der Waals surface area (Å²) >= 11 is 0. The van der Waals surface area contributed by atoms with E-state index in [4.69, 9.17) is 10.3 Å². The molecule has 0 saturated heterocycles. The molecule has 0 spiro atoms. The Morgan fingerprint density at radius 1 is 1.31 bits per heavy atom. The second-order valence-corrected chi connectivity index (χ2v) is 6.64. The van der Waals surface area contributed by atoms with Crippen molar-refractivity contribution in [1.29, 1.82) is 0 Å². The molecule has 6 nitrogen and oxygen atoms in total. The average Bonchev–Trinajstić information content (AvgIpc) is 2.95. The normalized spacial score (nSPS) is 16.0. The van der Waals surface area contributed by atoms with Crippen molar-refractivity contribution < 1.29 is 9.32 Å². The molecule has 1 amide bonds. The second kappa shape index (κ2) is 6.96. The zero-order valence-corrected chi connectivity index (χ0v) is 15.5. The van der Waals surface area contributed by atoms with Crippen LogP contribution in [0, 0.1) is 13.8 Å². The molecule has 0 radical (unpaired) electrons. The summed E-state index contributed by atoms with van der Waals surface area (Å²) in [6, 6.07) is 7.69. The quantitative estimate of drug-likeness (QED) is 0.669. The standard InChI is InChI=1S/C19H20N4O2.ClH/c1-10-8-15(17-11(2)23-25-19(17)21-10)18(24)22-16-5-3-4-12-9-13(20)6-7-14(12)16;/h6-9,16H,3-5,20H2,1-2H3,(H,22,24);1H. The summed E-state index contributed by atoms with van der Waals surface area (Å²) in [6.45, 7) is 3.66. The molecule has 4 rings (SSSR count). The minimum absolute atomic E-state index is 0. The first-order valence-corrected chi connectivity index (χ1v) is 8.45. The average molecular weight is 373 g/mol. The third-order valence-corrected chi connectivity index (χ3v) is 4.78. The number of hydrogen-bond donors (Lipinski definition) is 2. The summed E-state index contributed by atoms with van der Waals surface area (Å²) < 4.78 is 5.22. The Morgan fingerprint density at radius 2 is 2.12 bits per heavy atom. The first-order chi connectivity index (χ1) is 12.0. The topological polar surface area (TPSA) is 94.0 Å². The number of nitrogens with one attached hydrogen (secondary N) is 1. The van der Waals surface area contributed by atoms with Crippen LogP contribution < -0.4 is 11.1 Å². The molecule has 1 unspecified atom stereocenters. The minimum Gasteiger partial charge on any atom is -0.399 e. The van der Waals surface area contributed by atoms with Gasteiger partial charge in [-0.3, -0.25) is 4.79 Å². The number of halogens is 1. The van der Waals surface area contributed by atoms with Gasteiger partial charge < -0.3 is 15.6 Å². The van der Waals surface area contributed by atoms with Crippen LogP contribution in [0.25, 0.3) is 11.1 Å². The van der Waals surface area contributed by atoms with Crippen LogP contribution in [-0.4, -0.2) is 16.0 Å². The lowest BCUT2D eigenvalue weighted by molar-refractivity contribution is 0.0934. The summed E-state index contributed by atoms with van der Waals surface area (Å²) in [5.41, 5.74) is 11.4. The molecule has 2 aromatic heterocycles. The Hall–Kier alpha value is -2.60. The van der Waals surface area contributed by atoms with Crippen LogP contribution in [0.2, 0.25) is 0 Å². The number of carbonyl (C=O) groups is 1. The molecule has 1 aliphatic rings. The molecule has 3 aromatic rings. The van der Waals surface area contributed by atoms with Gasteiger partial charge in [0.1, 0.15) is 0 Å². The van der Waals surface area contributed by atoms with Crippen molar-refractivity contribution in [3.8, 4) is 0 Å². The number of benzene rings is 1. The predicted octanol–water partition coefficient (Wildman–Crippen LogP) is 3.65. The highest BCUT2D eigenvalue weighted by Crippen LogP contribution is 2.32. The summed E-state index contributed by atoms with van der Waals surface area (Å²) in [7, 11) is 0. The van der Waals surface area contributed by atoms with E-state index < -0.39 is 0 Å². The highest BCUT2D eigenvalue weighted by Gasteiger charge is 2.24. The number of fused-ring (bicyclic) bond motifs is 2. The Kier molecular flexibility index (Phi) is 4.87. The number of anilines is 1. The van der Waals surface area contributed by atoms with Gasteiger partial charge in [-0.25, -0.2) is 4.98 Å². The van der Waals surface area contributed by atoms with Crippen LogP contribution >= 0.6 is 12.4 Å². The smallest absolute Gasteiger partial charge is 0.258 e. The number of carbonyl (C=O) groups excluding carboxylic acids is 1. The zero-order valence-electron chi connectivity index (χ0n) is 14.7. The van der Waals surface area contributed by atoms with Crippen LogP contribution in [0.15, 0.2) is 28.8 Å². The van der Waals surface area contributed by atoms with E-state index in [1.807, 2.05) is 32.0 Å². The molecule has 2 heterocycles. The largest absolute Gasteiger partial charge is 0.399 e. The van der Waals surface area contributed by atoms with Crippen molar-refractivity contribution in [2.75, 3.05) is 5.73 Å². The summed E-state index contributed by atoms with van der Waals surface area (Å²) in [5, 5.41) is 7.79. The third kappa shape index (κ3) is 3.12. The molecule has 136 valence electrons. The molecular weight excluding hydrogens is 352 g/mol. The number of aromatic nitrogens is 2. The van der Waals surface area contributed by atoms with Gasteiger partial charge in [0, 0.05) is 11.4 Å². The lowest BCUT2D eigenvalue weighted by Gasteiger charge is -2.26. The van der Waals surface area contributed by atoms with Gasteiger partial charge in [0.2, 0.25) is 0 Å². The van der Waals surface area contributed by atoms with Crippen LogP contribution in [-0.2, 0) is 6.42 Å². The molecular formula is C19H21ClN4O2. The van der Waals surface area contributed by atoms with E-state index in [9.17, 15) is 4.79 Å². The number of nitrogens with zero attached hydrogens (tertiary/aromatic N) is 2. The van der Waals surface area contributed by atoms with Gasteiger partial charge in [-0.05, 0) is 62.4 Å². The molecule has 0 saturated carbocycles. The number of nitrogen functional groups attached to an aromatic ring is 1. The van der Waals surface area contributed by atoms with E-state index in [1.54, 1.807) is 6.07 Å². The maximum Gasteiger partial charge on any atom is 0.258 e. The molecule has 0 aliphatic heterocycles. The van der Waals surface area contributed by atoms with Crippen LogP contribution in [0.4, 0.5) is 5.69 Å². The number of rotatable bonds is 2. The van der Waals surface area contributed by atoms with E-state index in [2.05, 4.69) is 15.5 Å². The lowest BCUT2D eigenvalue weighted by Crippen LogP contribution is -2.31. The van der Waals surface area contributed by atoms with Gasteiger partial charge >= 0.3 is 0 Å². The van der Waals surface area contributed by atoms with Crippen molar-refractivity contribution in [3.05, 3.63) is 52.3 Å². The SMILES string of the molecule is Cc1cc(C(=O)NC2CCCc3cc(N)ccc32)c2c(C)noc2n1.Cl. The van der Waals surface area contributed by atoms with E-state index in [0.717, 1.165) is 36.2 Å². The fraction of sp³-hybridized carbons (Fsp3) is 0.316. The van der Waals surface area contributed by atoms with Crippen molar-refractivity contribution in [2.45, 2.75) is 39.2 Å². The maximum atomic E-state index is 13.0. The molecule has 3 N–H and O–H groups in total. The molecule has 1 atom stereocenters. The molecule has 0 bridgehead atoms. The van der Waals surface area contributed by atoms with E-state index >= 15 is 0 Å². The van der Waals surface area contributed by atoms with Gasteiger partial charge in [0.25, 0.3) is 11.6 Å². The fourth-order valence-electron chi connectivity index (χ4n) is 3.62. The number of pyridine rings is 1. The van der Waals surface area contributed by atoms with Gasteiger partial charge in [0.05, 0.1) is 22.7 Å². The van der Waals surface area contributed by atoms with E-state index in [0.29, 0.717) is 22.4 Å². The van der Waals surface area contributed by atoms with Gasteiger partial charge in [0.15, 0.2) is 0 Å². The molecule has 1 aliphatic carbocycles. The van der Waals surface area contributed by atoms with E-state index in [1.165, 1.54) is 5.56 Å². The fourth-order valence-corrected chi connectivity index (χ4v) is 3.62. The lowest BCUT2D eigenvalue weighted by atomic mass is 9.87.